The summed E-state index contributed by atoms with van der Waals surface area (Å²) in [6.07, 6.45) is 1.68. The van der Waals surface area contributed by atoms with E-state index in [2.05, 4.69) is 4.99 Å². The molecule has 0 fully saturated rings. The van der Waals surface area contributed by atoms with Gasteiger partial charge in [0.1, 0.15) is 5.75 Å². The molecule has 6 heteroatoms. The number of halogens is 3. The summed E-state index contributed by atoms with van der Waals surface area (Å²) >= 11 is -1.92. The molecule has 20 heavy (non-hydrogen) atoms. The second-order valence-electron chi connectivity index (χ2n) is 3.82. The zero-order valence-corrected chi connectivity index (χ0v) is 14.6. The van der Waals surface area contributed by atoms with Gasteiger partial charge in [-0.3, -0.25) is 4.99 Å². The average Bonchev–Trinajstić information content (AvgIpc) is 2.41. The molecule has 0 aromatic heterocycles. The molecular formula is C14H13Cl3NOTi. The quantitative estimate of drug-likeness (QED) is 0.552. The molecule has 0 amide bonds. The Kier molecular flexibility index (Phi) is 8.28. The Labute approximate surface area is 136 Å². The molecule has 2 aromatic rings. The topological polar surface area (TPSA) is 32.6 Å². The van der Waals surface area contributed by atoms with Gasteiger partial charge in [-0.2, -0.15) is 0 Å². The van der Waals surface area contributed by atoms with Crippen LogP contribution in [0.15, 0.2) is 53.5 Å². The molecule has 105 valence electrons. The van der Waals surface area contributed by atoms with Crippen molar-refractivity contribution < 1.29 is 19.8 Å². The van der Waals surface area contributed by atoms with E-state index in [0.717, 1.165) is 16.8 Å². The fraction of sp³-hybridized carbons (Fsp3) is 0.0714. The minimum atomic E-state index is -1.92. The molecule has 0 heterocycles. The number of hydrogen-bond acceptors (Lipinski definition) is 2. The Morgan fingerprint density at radius 1 is 1.00 bits per heavy atom. The van der Waals surface area contributed by atoms with Crippen LogP contribution >= 0.6 is 27.9 Å². The predicted octanol–water partition coefficient (Wildman–Crippen LogP) is 5.52. The summed E-state index contributed by atoms with van der Waals surface area (Å²) < 4.78 is 0. The van der Waals surface area contributed by atoms with Crippen LogP contribution in [-0.4, -0.2) is 11.3 Å². The number of aliphatic imine (C=N–C) groups is 1. The molecule has 0 aliphatic carbocycles. The van der Waals surface area contributed by atoms with E-state index in [4.69, 9.17) is 27.9 Å². The SMILES string of the molecule is Cc1cccc(C=Nc2ccccc2)c1O.[Cl][Ti]([Cl])[Cl]. The van der Waals surface area contributed by atoms with Gasteiger partial charge in [-0.05, 0) is 30.7 Å². The van der Waals surface area contributed by atoms with E-state index in [1.807, 2.05) is 55.5 Å². The Balaban J connectivity index is 0.000000444. The average molecular weight is 365 g/mol. The monoisotopic (exact) mass is 364 g/mol. The Morgan fingerprint density at radius 3 is 2.20 bits per heavy atom. The summed E-state index contributed by atoms with van der Waals surface area (Å²) in [4.78, 5) is 4.29. The first-order valence-corrected chi connectivity index (χ1v) is 12.2. The number of aromatic hydroxyl groups is 1. The van der Waals surface area contributed by atoms with E-state index in [1.54, 1.807) is 6.21 Å². The van der Waals surface area contributed by atoms with E-state index >= 15 is 0 Å². The van der Waals surface area contributed by atoms with Crippen LogP contribution in [0.1, 0.15) is 11.1 Å². The van der Waals surface area contributed by atoms with Crippen molar-refractivity contribution in [2.45, 2.75) is 6.92 Å². The van der Waals surface area contributed by atoms with Gasteiger partial charge in [0.2, 0.25) is 0 Å². The molecule has 0 radical (unpaired) electrons. The second kappa shape index (κ2) is 9.43. The van der Waals surface area contributed by atoms with Crippen LogP contribution in [-0.2, 0) is 14.7 Å². The number of nitrogens with zero attached hydrogens (tertiary/aromatic N) is 1. The van der Waals surface area contributed by atoms with Gasteiger partial charge in [0.15, 0.2) is 0 Å². The van der Waals surface area contributed by atoms with Crippen LogP contribution < -0.4 is 0 Å². The standard InChI is InChI=1S/C14H13NO.3ClH.Ti/c1-11-6-5-7-12(14(11)16)10-15-13-8-3-2-4-9-13;;;;/h2-10,16H,1H3;3*1H;/q;;;;+3/p-3. The number of phenolic OH excluding ortho intramolecular Hbond substituents is 1. The molecule has 0 atom stereocenters. The molecule has 0 spiro atoms. The van der Waals surface area contributed by atoms with Gasteiger partial charge in [0.25, 0.3) is 0 Å². The molecule has 2 nitrogen and oxygen atoms in total. The molecule has 0 saturated heterocycles. The van der Waals surface area contributed by atoms with Gasteiger partial charge in [-0.25, -0.2) is 0 Å². The second-order valence-corrected chi connectivity index (χ2v) is 11.6. The van der Waals surface area contributed by atoms with Crippen LogP contribution in [0.5, 0.6) is 5.75 Å². The first-order chi connectivity index (χ1) is 9.50. The Hall–Kier alpha value is -0.506. The summed E-state index contributed by atoms with van der Waals surface area (Å²) in [6, 6.07) is 15.3. The van der Waals surface area contributed by atoms with Gasteiger partial charge in [-0.1, -0.05) is 30.3 Å². The van der Waals surface area contributed by atoms with E-state index < -0.39 is 14.7 Å². The first-order valence-electron chi connectivity index (χ1n) is 5.72. The first kappa shape index (κ1) is 17.5. The van der Waals surface area contributed by atoms with E-state index in [-0.39, 0.29) is 0 Å². The fourth-order valence-corrected chi connectivity index (χ4v) is 1.44. The number of phenols is 1. The third-order valence-corrected chi connectivity index (χ3v) is 2.38. The zero-order valence-electron chi connectivity index (χ0n) is 10.7. The van der Waals surface area contributed by atoms with Crippen LogP contribution in [0, 0.1) is 6.92 Å². The molecule has 0 saturated carbocycles. The van der Waals surface area contributed by atoms with Crippen molar-refractivity contribution in [3.05, 3.63) is 59.7 Å². The number of hydrogen-bond donors (Lipinski definition) is 1. The maximum atomic E-state index is 9.78. The summed E-state index contributed by atoms with van der Waals surface area (Å²) in [5.74, 6) is 0.294. The molecule has 1 N–H and O–H groups in total. The summed E-state index contributed by atoms with van der Waals surface area (Å²) in [7, 11) is 14.9. The van der Waals surface area contributed by atoms with Crippen molar-refractivity contribution in [2.24, 2.45) is 4.99 Å². The number of aryl methyl sites for hydroxylation is 1. The van der Waals surface area contributed by atoms with Crippen LogP contribution in [0.4, 0.5) is 5.69 Å². The molecular weight excluding hydrogens is 352 g/mol. The van der Waals surface area contributed by atoms with Gasteiger partial charge in [0.05, 0.1) is 5.69 Å². The zero-order chi connectivity index (χ0) is 15.0. The van der Waals surface area contributed by atoms with Crippen molar-refractivity contribution in [1.29, 1.82) is 0 Å². The number of rotatable bonds is 2. The van der Waals surface area contributed by atoms with Crippen molar-refractivity contribution in [3.63, 3.8) is 0 Å². The Morgan fingerprint density at radius 2 is 1.60 bits per heavy atom. The number of benzene rings is 2. The molecule has 0 aliphatic rings. The van der Waals surface area contributed by atoms with Gasteiger partial charge < -0.3 is 5.11 Å². The van der Waals surface area contributed by atoms with Crippen LogP contribution in [0.3, 0.4) is 0 Å². The van der Waals surface area contributed by atoms with E-state index in [9.17, 15) is 5.11 Å². The number of para-hydroxylation sites is 2. The summed E-state index contributed by atoms with van der Waals surface area (Å²) in [6.45, 7) is 1.87. The van der Waals surface area contributed by atoms with Crippen molar-refractivity contribution >= 4 is 39.8 Å². The van der Waals surface area contributed by atoms with E-state index in [1.165, 1.54) is 0 Å². The van der Waals surface area contributed by atoms with E-state index in [0.29, 0.717) is 5.75 Å². The minimum absolute atomic E-state index is 0.294. The normalized spacial score (nSPS) is 10.0. The molecule has 0 bridgehead atoms. The molecule has 0 unspecified atom stereocenters. The maximum absolute atomic E-state index is 9.78. The van der Waals surface area contributed by atoms with Crippen molar-refractivity contribution in [2.75, 3.05) is 0 Å². The predicted molar refractivity (Wildman–Crippen MR) is 84.1 cm³/mol. The third kappa shape index (κ3) is 6.78. The molecule has 0 aliphatic heterocycles. The third-order valence-electron chi connectivity index (χ3n) is 2.38. The van der Waals surface area contributed by atoms with Crippen molar-refractivity contribution in [3.8, 4) is 5.75 Å². The van der Waals surface area contributed by atoms with Crippen LogP contribution in [0.2, 0.25) is 0 Å². The van der Waals surface area contributed by atoms with Gasteiger partial charge in [-0.15, -0.1) is 0 Å². The molecule has 2 aromatic carbocycles. The van der Waals surface area contributed by atoms with Gasteiger partial charge >= 0.3 is 42.6 Å². The van der Waals surface area contributed by atoms with Gasteiger partial charge in [0, 0.05) is 11.8 Å². The Bertz CT molecular complexity index is 559. The van der Waals surface area contributed by atoms with Crippen LogP contribution in [0.25, 0.3) is 0 Å². The van der Waals surface area contributed by atoms with Crippen molar-refractivity contribution in [1.82, 2.24) is 0 Å². The summed E-state index contributed by atoms with van der Waals surface area (Å²) in [5, 5.41) is 9.78. The fourth-order valence-electron chi connectivity index (χ4n) is 1.44. The molecule has 2 rings (SSSR count). The summed E-state index contributed by atoms with van der Waals surface area (Å²) in [5.41, 5.74) is 2.48.